The van der Waals surface area contributed by atoms with Crippen LogP contribution < -0.4 is 9.47 Å². The van der Waals surface area contributed by atoms with E-state index in [2.05, 4.69) is 31.9 Å². The Morgan fingerprint density at radius 2 is 2.04 bits per heavy atom. The zero-order valence-corrected chi connectivity index (χ0v) is 16.1. The molecule has 0 radical (unpaired) electrons. The fourth-order valence-corrected chi connectivity index (χ4v) is 3.00. The Morgan fingerprint density at radius 3 is 2.70 bits per heavy atom. The van der Waals surface area contributed by atoms with Crippen molar-refractivity contribution in [1.82, 2.24) is 0 Å². The maximum Gasteiger partial charge on any atom is 0.245 e. The van der Waals surface area contributed by atoms with Gasteiger partial charge in [0.05, 0.1) is 11.6 Å². The molecule has 6 heteroatoms. The molecule has 0 saturated carbocycles. The first-order valence-electron chi connectivity index (χ1n) is 6.62. The van der Waals surface area contributed by atoms with E-state index in [-0.39, 0.29) is 0 Å². The van der Waals surface area contributed by atoms with Gasteiger partial charge in [0.2, 0.25) is 5.24 Å². The largest absolute Gasteiger partial charge is 0.493 e. The second-order valence-electron chi connectivity index (χ2n) is 4.59. The molecule has 0 aliphatic rings. The molecule has 0 unspecified atom stereocenters. The molecule has 0 heterocycles. The second-order valence-corrected chi connectivity index (χ2v) is 6.73. The SMILES string of the molecule is COc1cc(/C=C/C(=O)Cl)cc(Br)c1OCc1cccc(Br)c1. The minimum atomic E-state index is -0.532. The lowest BCUT2D eigenvalue weighted by molar-refractivity contribution is -0.107. The van der Waals surface area contributed by atoms with Crippen molar-refractivity contribution in [2.75, 3.05) is 7.11 Å². The number of carbonyl (C=O) groups is 1. The van der Waals surface area contributed by atoms with Gasteiger partial charge in [-0.1, -0.05) is 28.1 Å². The summed E-state index contributed by atoms with van der Waals surface area (Å²) in [6, 6.07) is 11.5. The Hall–Kier alpha value is -1.30. The number of methoxy groups -OCH3 is 1. The van der Waals surface area contributed by atoms with E-state index in [1.807, 2.05) is 30.3 Å². The maximum absolute atomic E-state index is 10.8. The molecule has 3 nitrogen and oxygen atoms in total. The van der Waals surface area contributed by atoms with Gasteiger partial charge >= 0.3 is 0 Å². The molecule has 0 fully saturated rings. The van der Waals surface area contributed by atoms with E-state index < -0.39 is 5.24 Å². The van der Waals surface area contributed by atoms with Crippen molar-refractivity contribution in [3.63, 3.8) is 0 Å². The highest BCUT2D eigenvalue weighted by molar-refractivity contribution is 9.10. The Balaban J connectivity index is 2.22. The first-order chi connectivity index (χ1) is 11.0. The van der Waals surface area contributed by atoms with E-state index in [0.717, 1.165) is 20.1 Å². The Bertz CT molecular complexity index is 745. The summed E-state index contributed by atoms with van der Waals surface area (Å²) in [6.45, 7) is 0.406. The van der Waals surface area contributed by atoms with Crippen molar-refractivity contribution in [3.05, 3.63) is 62.5 Å². The van der Waals surface area contributed by atoms with Gasteiger partial charge in [0.15, 0.2) is 11.5 Å². The van der Waals surface area contributed by atoms with Gasteiger partial charge in [-0.15, -0.1) is 0 Å². The van der Waals surface area contributed by atoms with E-state index in [4.69, 9.17) is 21.1 Å². The van der Waals surface area contributed by atoms with Crippen molar-refractivity contribution in [2.24, 2.45) is 0 Å². The van der Waals surface area contributed by atoms with Gasteiger partial charge in [0.25, 0.3) is 0 Å². The molecule has 23 heavy (non-hydrogen) atoms. The minimum absolute atomic E-state index is 0.406. The smallest absolute Gasteiger partial charge is 0.245 e. The number of hydrogen-bond acceptors (Lipinski definition) is 3. The van der Waals surface area contributed by atoms with E-state index in [9.17, 15) is 4.79 Å². The first kappa shape index (κ1) is 18.0. The minimum Gasteiger partial charge on any atom is -0.493 e. The molecule has 0 aliphatic carbocycles. The topological polar surface area (TPSA) is 35.5 Å². The molecule has 0 aliphatic heterocycles. The van der Waals surface area contributed by atoms with E-state index in [0.29, 0.717) is 18.1 Å². The van der Waals surface area contributed by atoms with Crippen molar-refractivity contribution in [1.29, 1.82) is 0 Å². The Morgan fingerprint density at radius 1 is 1.26 bits per heavy atom. The van der Waals surface area contributed by atoms with E-state index in [1.165, 1.54) is 6.08 Å². The van der Waals surface area contributed by atoms with Gasteiger partial charge in [-0.3, -0.25) is 4.79 Å². The number of ether oxygens (including phenoxy) is 2. The highest BCUT2D eigenvalue weighted by Crippen LogP contribution is 2.37. The first-order valence-corrected chi connectivity index (χ1v) is 8.58. The van der Waals surface area contributed by atoms with Gasteiger partial charge in [-0.2, -0.15) is 0 Å². The summed E-state index contributed by atoms with van der Waals surface area (Å²) in [5, 5.41) is -0.532. The molecule has 0 atom stereocenters. The fraction of sp³-hybridized carbons (Fsp3) is 0.118. The summed E-state index contributed by atoms with van der Waals surface area (Å²) < 4.78 is 13.0. The van der Waals surface area contributed by atoms with Crippen LogP contribution >= 0.6 is 43.5 Å². The number of carbonyl (C=O) groups excluding carboxylic acids is 1. The van der Waals surface area contributed by atoms with Crippen LogP contribution in [0, 0.1) is 0 Å². The van der Waals surface area contributed by atoms with Crippen molar-refractivity contribution < 1.29 is 14.3 Å². The average Bonchev–Trinajstić information content (AvgIpc) is 2.51. The summed E-state index contributed by atoms with van der Waals surface area (Å²) in [7, 11) is 1.56. The molecule has 0 saturated heterocycles. The van der Waals surface area contributed by atoms with Gasteiger partial charge in [0, 0.05) is 4.47 Å². The van der Waals surface area contributed by atoms with E-state index >= 15 is 0 Å². The number of benzene rings is 2. The van der Waals surface area contributed by atoms with Crippen LogP contribution in [0.4, 0.5) is 0 Å². The van der Waals surface area contributed by atoms with Crippen molar-refractivity contribution in [2.45, 2.75) is 6.61 Å². The molecule has 0 bridgehead atoms. The van der Waals surface area contributed by atoms with Gasteiger partial charge in [-0.25, -0.2) is 0 Å². The molecule has 120 valence electrons. The second kappa shape index (κ2) is 8.52. The van der Waals surface area contributed by atoms with Crippen LogP contribution in [0.5, 0.6) is 11.5 Å². The number of allylic oxidation sites excluding steroid dienone is 1. The lowest BCUT2D eigenvalue weighted by atomic mass is 10.2. The third kappa shape index (κ3) is 5.37. The zero-order valence-electron chi connectivity index (χ0n) is 12.2. The molecule has 2 aromatic rings. The quantitative estimate of drug-likeness (QED) is 0.417. The lowest BCUT2D eigenvalue weighted by Gasteiger charge is -2.13. The third-order valence-corrected chi connectivity index (χ3v) is 4.14. The van der Waals surface area contributed by atoms with Crippen molar-refractivity contribution in [3.8, 4) is 11.5 Å². The van der Waals surface area contributed by atoms with Crippen LogP contribution in [0.2, 0.25) is 0 Å². The summed E-state index contributed by atoms with van der Waals surface area (Å²) in [6.07, 6.45) is 2.89. The summed E-state index contributed by atoms with van der Waals surface area (Å²) >= 11 is 12.2. The Kier molecular flexibility index (Phi) is 6.69. The molecular weight excluding hydrogens is 447 g/mol. The van der Waals surface area contributed by atoms with Crippen LogP contribution in [0.3, 0.4) is 0 Å². The van der Waals surface area contributed by atoms with Crippen LogP contribution in [0.25, 0.3) is 6.08 Å². The highest BCUT2D eigenvalue weighted by atomic mass is 79.9. The summed E-state index contributed by atoms with van der Waals surface area (Å²) in [4.78, 5) is 10.8. The molecule has 2 aromatic carbocycles. The van der Waals surface area contributed by atoms with Gasteiger partial charge < -0.3 is 9.47 Å². The zero-order chi connectivity index (χ0) is 16.8. The van der Waals surface area contributed by atoms with Gasteiger partial charge in [0.1, 0.15) is 6.61 Å². The number of halogens is 3. The summed E-state index contributed by atoms with van der Waals surface area (Å²) in [5.41, 5.74) is 1.81. The number of hydrogen-bond donors (Lipinski definition) is 0. The van der Waals surface area contributed by atoms with Crippen LogP contribution in [-0.4, -0.2) is 12.4 Å². The Labute approximate surface area is 156 Å². The molecule has 0 spiro atoms. The number of rotatable bonds is 6. The third-order valence-electron chi connectivity index (χ3n) is 2.93. The standard InChI is InChI=1S/C17H13Br2ClO3/c1-22-15-9-11(5-6-16(20)21)8-14(19)17(15)23-10-12-3-2-4-13(18)7-12/h2-9H,10H2,1H3/b6-5+. The van der Waals surface area contributed by atoms with Crippen molar-refractivity contribution >= 4 is 54.8 Å². The van der Waals surface area contributed by atoms with Crippen LogP contribution in [0.15, 0.2) is 51.4 Å². The predicted octanol–water partition coefficient (Wildman–Crippen LogP) is 5.58. The summed E-state index contributed by atoms with van der Waals surface area (Å²) in [5.74, 6) is 1.16. The average molecular weight is 461 g/mol. The molecule has 0 N–H and O–H groups in total. The van der Waals surface area contributed by atoms with Crippen LogP contribution in [0.1, 0.15) is 11.1 Å². The normalized spacial score (nSPS) is 10.8. The highest BCUT2D eigenvalue weighted by Gasteiger charge is 2.11. The molecule has 2 rings (SSSR count). The van der Waals surface area contributed by atoms with Crippen LogP contribution in [-0.2, 0) is 11.4 Å². The molecule has 0 amide bonds. The van der Waals surface area contributed by atoms with E-state index in [1.54, 1.807) is 19.3 Å². The molecule has 0 aromatic heterocycles. The predicted molar refractivity (Wildman–Crippen MR) is 99.1 cm³/mol. The molecular formula is C17H13Br2ClO3. The monoisotopic (exact) mass is 458 g/mol. The fourth-order valence-electron chi connectivity index (χ4n) is 1.92. The van der Waals surface area contributed by atoms with Gasteiger partial charge in [-0.05, 0) is 75.1 Å². The maximum atomic E-state index is 10.8. The lowest BCUT2D eigenvalue weighted by Crippen LogP contribution is -1.99.